The van der Waals surface area contributed by atoms with Crippen molar-refractivity contribution in [1.82, 2.24) is 0 Å². The smallest absolute Gasteiger partial charge is 0.872 e. The minimum absolute atomic E-state index is 0. The first kappa shape index (κ1) is 19.6. The molecule has 140 valence electrons. The normalized spacial score (nSPS) is 13.7. The van der Waals surface area contributed by atoms with E-state index >= 15 is 0 Å². The fourth-order valence-corrected chi connectivity index (χ4v) is 5.27. The van der Waals surface area contributed by atoms with E-state index in [9.17, 15) is 5.11 Å². The van der Waals surface area contributed by atoms with Gasteiger partial charge in [-0.2, -0.15) is 4.98 Å². The summed E-state index contributed by atoms with van der Waals surface area (Å²) in [5, 5.41) is 14.0. The maximum absolute atomic E-state index is 13.0. The molecule has 0 fully saturated rings. The molecule has 29 heavy (non-hydrogen) atoms. The fraction of sp³-hybridized carbons (Fsp3) is 0.208. The van der Waals surface area contributed by atoms with Crippen molar-refractivity contribution in [2.75, 3.05) is 19.0 Å². The number of aromatic nitrogens is 1. The summed E-state index contributed by atoms with van der Waals surface area (Å²) >= 11 is 1.64. The Labute approximate surface area is 178 Å². The van der Waals surface area contributed by atoms with Gasteiger partial charge in [-0.25, -0.2) is 0 Å². The van der Waals surface area contributed by atoms with Crippen LogP contribution in [0.15, 0.2) is 54.6 Å². The van der Waals surface area contributed by atoms with Crippen molar-refractivity contribution >= 4 is 37.4 Å². The van der Waals surface area contributed by atoms with Gasteiger partial charge in [-0.05, 0) is 46.5 Å². The van der Waals surface area contributed by atoms with Crippen LogP contribution in [0.5, 0.6) is 5.75 Å². The number of thiazole rings is 1. The van der Waals surface area contributed by atoms with Gasteiger partial charge in [0.2, 0.25) is 5.52 Å². The van der Waals surface area contributed by atoms with Crippen molar-refractivity contribution in [2.24, 2.45) is 0 Å². The Balaban J connectivity index is 0.00000205. The molecular weight excluding hydrogens is 373 g/mol. The maximum Gasteiger partial charge on any atom is 2.00 e. The van der Waals surface area contributed by atoms with Gasteiger partial charge in [0.25, 0.3) is 5.01 Å². The van der Waals surface area contributed by atoms with Gasteiger partial charge in [0.15, 0.2) is 0 Å². The summed E-state index contributed by atoms with van der Waals surface area (Å²) in [6.45, 7) is 4.50. The molecular formula is C24H22BeN2OS+2. The van der Waals surface area contributed by atoms with Gasteiger partial charge < -0.3 is 10.0 Å². The molecule has 5 heteroatoms. The first-order valence-electron chi connectivity index (χ1n) is 9.45. The third-order valence-electron chi connectivity index (χ3n) is 5.87. The van der Waals surface area contributed by atoms with Gasteiger partial charge in [-0.15, -0.1) is 0 Å². The quantitative estimate of drug-likeness (QED) is 0.471. The predicted octanol–water partition coefficient (Wildman–Crippen LogP) is 4.45. The number of fused-ring (bicyclic) bond motifs is 4. The average molecular weight is 396 g/mol. The van der Waals surface area contributed by atoms with Crippen LogP contribution < -0.4 is 15.0 Å². The van der Waals surface area contributed by atoms with E-state index in [0.717, 1.165) is 26.4 Å². The first-order valence-corrected chi connectivity index (χ1v) is 10.3. The molecule has 0 bridgehead atoms. The van der Waals surface area contributed by atoms with E-state index in [0.29, 0.717) is 0 Å². The molecule has 0 spiro atoms. The molecule has 0 saturated carbocycles. The number of nitrogens with one attached hydrogen (secondary N) is 1. The van der Waals surface area contributed by atoms with E-state index in [1.807, 2.05) is 18.2 Å². The number of anilines is 1. The Morgan fingerprint density at radius 3 is 2.34 bits per heavy atom. The molecule has 0 atom stereocenters. The number of para-hydroxylation sites is 1. The summed E-state index contributed by atoms with van der Waals surface area (Å²) in [5.74, 6) is 0.0712. The van der Waals surface area contributed by atoms with Crippen molar-refractivity contribution in [3.05, 3.63) is 65.7 Å². The minimum atomic E-state index is -0.143. The van der Waals surface area contributed by atoms with Crippen LogP contribution in [0.25, 0.3) is 31.9 Å². The third-order valence-corrected chi connectivity index (χ3v) is 6.97. The second kappa shape index (κ2) is 6.69. The Morgan fingerprint density at radius 1 is 0.897 bits per heavy atom. The molecule has 0 radical (unpaired) electrons. The van der Waals surface area contributed by atoms with Crippen LogP contribution >= 0.6 is 11.3 Å². The van der Waals surface area contributed by atoms with Crippen molar-refractivity contribution in [1.29, 1.82) is 0 Å². The van der Waals surface area contributed by atoms with Gasteiger partial charge in [-0.1, -0.05) is 55.2 Å². The predicted molar refractivity (Wildman–Crippen MR) is 121 cm³/mol. The number of aromatic amines is 1. The van der Waals surface area contributed by atoms with E-state index < -0.39 is 0 Å². The standard InChI is InChI=1S/C24H22N2OS.Be/c1-24(2)18-11-14(26(3)4)9-10-15(18)16-13-21(27)17(12-19(16)24)23-25-20-7-5-6-8-22(20)28-23;/h5-13,27H,1-4H3;/q;+2. The number of rotatable bonds is 2. The molecule has 0 aliphatic heterocycles. The molecule has 1 heterocycles. The second-order valence-electron chi connectivity index (χ2n) is 8.20. The third kappa shape index (κ3) is 2.87. The molecule has 1 aliphatic carbocycles. The zero-order chi connectivity index (χ0) is 19.6. The number of nitrogens with zero attached hydrogens (tertiary/aromatic N) is 1. The zero-order valence-electron chi connectivity index (χ0n) is 17.2. The molecule has 0 amide bonds. The maximum atomic E-state index is 13.0. The van der Waals surface area contributed by atoms with Crippen LogP contribution in [0.1, 0.15) is 25.0 Å². The van der Waals surface area contributed by atoms with E-state index in [1.165, 1.54) is 22.4 Å². The number of H-pyrrole nitrogens is 1. The van der Waals surface area contributed by atoms with E-state index in [-0.39, 0.29) is 21.3 Å². The topological polar surface area (TPSA) is 40.4 Å². The van der Waals surface area contributed by atoms with Crippen LogP contribution in [0.3, 0.4) is 0 Å². The summed E-state index contributed by atoms with van der Waals surface area (Å²) in [7, 11) is 4.12. The van der Waals surface area contributed by atoms with E-state index in [1.54, 1.807) is 11.3 Å². The summed E-state index contributed by atoms with van der Waals surface area (Å²) in [6, 6.07) is 18.6. The molecule has 0 unspecified atom stereocenters. The molecule has 5 rings (SSSR count). The molecule has 1 aromatic heterocycles. The van der Waals surface area contributed by atoms with Gasteiger partial charge >= 0.3 is 10.1 Å². The van der Waals surface area contributed by atoms with Crippen LogP contribution in [-0.4, -0.2) is 24.2 Å². The van der Waals surface area contributed by atoms with Gasteiger partial charge in [-0.3, -0.25) is 0 Å². The zero-order valence-corrected chi connectivity index (χ0v) is 18.0. The first-order chi connectivity index (χ1) is 13.4. The second-order valence-corrected chi connectivity index (χ2v) is 9.25. The molecule has 3 aromatic carbocycles. The summed E-state index contributed by atoms with van der Waals surface area (Å²) in [6.07, 6.45) is 0. The fourth-order valence-electron chi connectivity index (χ4n) is 4.24. The van der Waals surface area contributed by atoms with Crippen molar-refractivity contribution in [3.8, 4) is 27.4 Å². The van der Waals surface area contributed by atoms with Crippen LogP contribution in [0.2, 0.25) is 0 Å². The van der Waals surface area contributed by atoms with Crippen molar-refractivity contribution in [3.63, 3.8) is 0 Å². The van der Waals surface area contributed by atoms with Gasteiger partial charge in [0, 0.05) is 31.3 Å². The van der Waals surface area contributed by atoms with Crippen molar-refractivity contribution in [2.45, 2.75) is 19.3 Å². The number of benzene rings is 3. The Hall–Kier alpha value is -2.68. The minimum Gasteiger partial charge on any atom is -0.872 e. The number of hydrogen-bond donors (Lipinski definition) is 0. The summed E-state index contributed by atoms with van der Waals surface area (Å²) in [5.41, 5.74) is 7.61. The van der Waals surface area contributed by atoms with Gasteiger partial charge in [0.1, 0.15) is 4.70 Å². The summed E-state index contributed by atoms with van der Waals surface area (Å²) in [4.78, 5) is 5.55. The molecule has 1 aliphatic rings. The van der Waals surface area contributed by atoms with Crippen LogP contribution in [-0.2, 0) is 5.41 Å². The molecule has 0 saturated heterocycles. The van der Waals surface area contributed by atoms with Crippen molar-refractivity contribution < 1.29 is 10.1 Å². The largest absolute Gasteiger partial charge is 2.00 e. The Kier molecular flexibility index (Phi) is 4.53. The molecule has 1 N–H and O–H groups in total. The van der Waals surface area contributed by atoms with E-state index in [2.05, 4.69) is 74.2 Å². The molecule has 3 nitrogen and oxygen atoms in total. The van der Waals surface area contributed by atoms with E-state index in [4.69, 9.17) is 0 Å². The Bertz CT molecular complexity index is 1210. The summed E-state index contributed by atoms with van der Waals surface area (Å²) < 4.78 is 1.16. The Morgan fingerprint density at radius 2 is 1.62 bits per heavy atom. The SMILES string of the molecule is CN(C)c1ccc2c(c1)C(C)(C)c1cc(-c3[nH+]c4ccccc4s3)c([O-])cc1-2.[Be+2]. The monoisotopic (exact) mass is 395 g/mol. The van der Waals surface area contributed by atoms with Crippen LogP contribution in [0.4, 0.5) is 5.69 Å². The average Bonchev–Trinajstić information content (AvgIpc) is 3.18. The number of hydrogen-bond acceptors (Lipinski definition) is 3. The van der Waals surface area contributed by atoms with Crippen LogP contribution in [0, 0.1) is 0 Å². The molecule has 4 aromatic rings. The van der Waals surface area contributed by atoms with Gasteiger partial charge in [0.05, 0.1) is 5.56 Å².